The van der Waals surface area contributed by atoms with Gasteiger partial charge in [0.25, 0.3) is 5.91 Å². The Labute approximate surface area is 168 Å². The maximum absolute atomic E-state index is 13.2. The molecule has 1 heterocycles. The quantitative estimate of drug-likeness (QED) is 0.809. The lowest BCUT2D eigenvalue weighted by Crippen LogP contribution is -2.46. The van der Waals surface area contributed by atoms with Crippen LogP contribution in [0.1, 0.15) is 13.3 Å². The Morgan fingerprint density at radius 1 is 1.21 bits per heavy atom. The van der Waals surface area contributed by atoms with Crippen molar-refractivity contribution >= 4 is 29.1 Å². The van der Waals surface area contributed by atoms with E-state index >= 15 is 0 Å². The Kier molecular flexibility index (Phi) is 6.11. The van der Waals surface area contributed by atoms with Gasteiger partial charge in [0, 0.05) is 25.7 Å². The van der Waals surface area contributed by atoms with Crippen LogP contribution in [0.15, 0.2) is 48.5 Å². The number of nitrogens with zero attached hydrogens (tertiary/aromatic N) is 2. The molecule has 1 N–H and O–H groups in total. The fraction of sp³-hybridized carbons (Fsp3) is 0.286. The van der Waals surface area contributed by atoms with E-state index in [0.717, 1.165) is 0 Å². The summed E-state index contributed by atoms with van der Waals surface area (Å²) in [7, 11) is 1.51. The van der Waals surface area contributed by atoms with Crippen LogP contribution in [0, 0.1) is 5.82 Å². The number of fused-ring (bicyclic) bond motifs is 1. The highest BCUT2D eigenvalue weighted by Gasteiger charge is 2.31. The molecular formula is C21H22FN3O4. The van der Waals surface area contributed by atoms with Crippen molar-refractivity contribution in [3.05, 3.63) is 54.3 Å². The first-order chi connectivity index (χ1) is 13.8. The minimum atomic E-state index is -0.630. The number of carbonyl (C=O) groups is 3. The topological polar surface area (TPSA) is 79.0 Å². The van der Waals surface area contributed by atoms with Crippen LogP contribution < -0.4 is 15.0 Å². The summed E-state index contributed by atoms with van der Waals surface area (Å²) in [5, 5.41) is 2.55. The van der Waals surface area contributed by atoms with Crippen molar-refractivity contribution in [3.8, 4) is 5.75 Å². The van der Waals surface area contributed by atoms with Gasteiger partial charge in [-0.05, 0) is 37.3 Å². The van der Waals surface area contributed by atoms with Crippen molar-refractivity contribution in [2.45, 2.75) is 19.4 Å². The van der Waals surface area contributed by atoms with E-state index in [2.05, 4.69) is 5.32 Å². The van der Waals surface area contributed by atoms with Crippen molar-refractivity contribution in [3.63, 3.8) is 0 Å². The Balaban J connectivity index is 1.56. The number of halogens is 1. The number of benzene rings is 2. The standard InChI is InChI=1S/C21H22FN3O4/c1-14-21(28)25(17-8-3-4-9-18(17)29-14)11-10-20(27)24(2)13-19(26)23-16-7-5-6-15(22)12-16/h3-9,12,14H,10-11,13H2,1-2H3,(H,23,26)/t14-/m1/s1. The van der Waals surface area contributed by atoms with Crippen LogP contribution in [0.2, 0.25) is 0 Å². The summed E-state index contributed by atoms with van der Waals surface area (Å²) in [5.41, 5.74) is 0.940. The van der Waals surface area contributed by atoms with Gasteiger partial charge in [-0.15, -0.1) is 0 Å². The zero-order valence-electron chi connectivity index (χ0n) is 16.2. The van der Waals surface area contributed by atoms with Crippen LogP contribution in [0.4, 0.5) is 15.8 Å². The van der Waals surface area contributed by atoms with Gasteiger partial charge in [0.15, 0.2) is 6.10 Å². The third kappa shape index (κ3) is 4.90. The number of carbonyl (C=O) groups excluding carboxylic acids is 3. The summed E-state index contributed by atoms with van der Waals surface area (Å²) in [6.45, 7) is 1.66. The second-order valence-corrected chi connectivity index (χ2v) is 6.78. The van der Waals surface area contributed by atoms with Crippen LogP contribution in [-0.4, -0.2) is 48.9 Å². The molecule has 0 unspecified atom stereocenters. The number of hydrogen-bond donors (Lipinski definition) is 1. The first-order valence-electron chi connectivity index (χ1n) is 9.21. The van der Waals surface area contributed by atoms with Gasteiger partial charge in [0.2, 0.25) is 11.8 Å². The minimum absolute atomic E-state index is 0.0521. The number of rotatable bonds is 6. The van der Waals surface area contributed by atoms with Crippen LogP contribution in [0.25, 0.3) is 0 Å². The van der Waals surface area contributed by atoms with Crippen molar-refractivity contribution < 1.29 is 23.5 Å². The summed E-state index contributed by atoms with van der Waals surface area (Å²) in [5.74, 6) is -0.813. The summed E-state index contributed by atoms with van der Waals surface area (Å²) >= 11 is 0. The van der Waals surface area contributed by atoms with Crippen LogP contribution in [0.3, 0.4) is 0 Å². The molecule has 152 valence electrons. The smallest absolute Gasteiger partial charge is 0.267 e. The Hall–Kier alpha value is -3.42. The molecule has 1 aliphatic heterocycles. The molecule has 0 aliphatic carbocycles. The lowest BCUT2D eigenvalue weighted by atomic mass is 10.1. The van der Waals surface area contributed by atoms with E-state index < -0.39 is 17.8 Å². The fourth-order valence-electron chi connectivity index (χ4n) is 3.06. The fourth-order valence-corrected chi connectivity index (χ4v) is 3.06. The predicted molar refractivity (Wildman–Crippen MR) is 106 cm³/mol. The maximum atomic E-state index is 13.2. The Morgan fingerprint density at radius 2 is 1.97 bits per heavy atom. The van der Waals surface area contributed by atoms with Gasteiger partial charge in [-0.25, -0.2) is 4.39 Å². The zero-order chi connectivity index (χ0) is 21.0. The van der Waals surface area contributed by atoms with E-state index in [4.69, 9.17) is 4.74 Å². The molecule has 0 saturated heterocycles. The normalized spacial score (nSPS) is 15.3. The summed E-state index contributed by atoms with van der Waals surface area (Å²) in [6.07, 6.45) is -0.578. The monoisotopic (exact) mass is 399 g/mol. The lowest BCUT2D eigenvalue weighted by Gasteiger charge is -2.33. The molecule has 0 fully saturated rings. The third-order valence-electron chi connectivity index (χ3n) is 4.54. The zero-order valence-corrected chi connectivity index (χ0v) is 16.2. The van der Waals surface area contributed by atoms with Crippen LogP contribution in [0.5, 0.6) is 5.75 Å². The summed E-state index contributed by atoms with van der Waals surface area (Å²) in [4.78, 5) is 39.8. The van der Waals surface area contributed by atoms with E-state index in [0.29, 0.717) is 17.1 Å². The van der Waals surface area contributed by atoms with Gasteiger partial charge >= 0.3 is 0 Å². The average Bonchev–Trinajstić information content (AvgIpc) is 2.68. The number of likely N-dealkylation sites (N-methyl/N-ethyl adjacent to an activating group) is 1. The molecule has 2 aromatic rings. The molecule has 2 aromatic carbocycles. The van der Waals surface area contributed by atoms with Crippen molar-refractivity contribution in [2.24, 2.45) is 0 Å². The first kappa shape index (κ1) is 20.3. The largest absolute Gasteiger partial charge is 0.479 e. The molecule has 1 aliphatic rings. The number of anilines is 2. The number of ether oxygens (including phenoxy) is 1. The second kappa shape index (κ2) is 8.72. The predicted octanol–water partition coefficient (Wildman–Crippen LogP) is 2.43. The molecule has 29 heavy (non-hydrogen) atoms. The average molecular weight is 399 g/mol. The molecule has 8 heteroatoms. The van der Waals surface area contributed by atoms with E-state index in [1.807, 2.05) is 6.07 Å². The summed E-state index contributed by atoms with van der Waals surface area (Å²) < 4.78 is 18.8. The van der Waals surface area contributed by atoms with E-state index in [9.17, 15) is 18.8 Å². The highest BCUT2D eigenvalue weighted by Crippen LogP contribution is 2.33. The highest BCUT2D eigenvalue weighted by molar-refractivity contribution is 6.00. The second-order valence-electron chi connectivity index (χ2n) is 6.78. The number of nitrogens with one attached hydrogen (secondary N) is 1. The van der Waals surface area contributed by atoms with E-state index in [1.165, 1.54) is 35.0 Å². The van der Waals surface area contributed by atoms with Crippen molar-refractivity contribution in [1.29, 1.82) is 0 Å². The third-order valence-corrected chi connectivity index (χ3v) is 4.54. The number of hydrogen-bond acceptors (Lipinski definition) is 4. The van der Waals surface area contributed by atoms with Gasteiger partial charge in [0.1, 0.15) is 11.6 Å². The molecule has 3 rings (SSSR count). The molecule has 0 radical (unpaired) electrons. The molecule has 0 bridgehead atoms. The van der Waals surface area contributed by atoms with Gasteiger partial charge in [-0.2, -0.15) is 0 Å². The Morgan fingerprint density at radius 3 is 2.72 bits per heavy atom. The summed E-state index contributed by atoms with van der Waals surface area (Å²) in [6, 6.07) is 12.7. The van der Waals surface area contributed by atoms with Gasteiger partial charge < -0.3 is 19.9 Å². The molecule has 7 nitrogen and oxygen atoms in total. The van der Waals surface area contributed by atoms with Gasteiger partial charge in [0.05, 0.1) is 12.2 Å². The van der Waals surface area contributed by atoms with Crippen LogP contribution in [-0.2, 0) is 14.4 Å². The van der Waals surface area contributed by atoms with Gasteiger partial charge in [-0.3, -0.25) is 14.4 Å². The number of amides is 3. The minimum Gasteiger partial charge on any atom is -0.479 e. The maximum Gasteiger partial charge on any atom is 0.267 e. The van der Waals surface area contributed by atoms with Gasteiger partial charge in [-0.1, -0.05) is 18.2 Å². The molecule has 0 saturated carbocycles. The highest BCUT2D eigenvalue weighted by atomic mass is 19.1. The van der Waals surface area contributed by atoms with E-state index in [1.54, 1.807) is 31.2 Å². The first-order valence-corrected chi connectivity index (χ1v) is 9.21. The SMILES string of the molecule is C[C@H]1Oc2ccccc2N(CCC(=O)N(C)CC(=O)Nc2cccc(F)c2)C1=O. The molecule has 1 atom stereocenters. The molecule has 0 spiro atoms. The molecule has 3 amide bonds. The van der Waals surface area contributed by atoms with Crippen LogP contribution >= 0.6 is 0 Å². The van der Waals surface area contributed by atoms with Crippen molar-refractivity contribution in [1.82, 2.24) is 4.90 Å². The molecular weight excluding hydrogens is 377 g/mol. The van der Waals surface area contributed by atoms with E-state index in [-0.39, 0.29) is 31.3 Å². The lowest BCUT2D eigenvalue weighted by molar-refractivity contribution is -0.133. The Bertz CT molecular complexity index is 934. The van der Waals surface area contributed by atoms with Crippen molar-refractivity contribution in [2.75, 3.05) is 30.4 Å². The number of para-hydroxylation sites is 2. The molecule has 0 aromatic heterocycles.